The molecule has 1 N–H and O–H groups in total. The second-order valence-electron chi connectivity index (χ2n) is 3.11. The number of methoxy groups -OCH3 is 2. The Morgan fingerprint density at radius 1 is 1.50 bits per heavy atom. The van der Waals surface area contributed by atoms with Crippen LogP contribution in [0.5, 0.6) is 11.5 Å². The molecule has 4 nitrogen and oxygen atoms in total. The number of rotatable bonds is 6. The monoisotopic (exact) mass is 242 g/mol. The zero-order valence-electron chi connectivity index (χ0n) is 9.42. The molecular weight excluding hydrogens is 228 g/mol. The van der Waals surface area contributed by atoms with Gasteiger partial charge in [0, 0.05) is 30.4 Å². The molecular formula is C11H15ClN2O2. The number of nitrogens with zero attached hydrogens (tertiary/aromatic N) is 1. The molecule has 0 fully saturated rings. The third-order valence-corrected chi connectivity index (χ3v) is 2.11. The molecule has 0 saturated carbocycles. The standard InChI is InChI=1S/C11H15ClN2O2/c1-8(12)6-13-7-9-11(16-3)10(15-2)4-5-14-9/h4-5,13H,1,6-7H2,2-3H3. The number of nitrogens with one attached hydrogen (secondary N) is 1. The van der Waals surface area contributed by atoms with E-state index in [-0.39, 0.29) is 0 Å². The van der Waals surface area contributed by atoms with Crippen LogP contribution in [-0.4, -0.2) is 25.7 Å². The summed E-state index contributed by atoms with van der Waals surface area (Å²) in [4.78, 5) is 4.21. The Morgan fingerprint density at radius 2 is 2.25 bits per heavy atom. The second-order valence-corrected chi connectivity index (χ2v) is 3.65. The van der Waals surface area contributed by atoms with Crippen molar-refractivity contribution in [2.45, 2.75) is 6.54 Å². The van der Waals surface area contributed by atoms with E-state index in [2.05, 4.69) is 16.9 Å². The fourth-order valence-electron chi connectivity index (χ4n) is 1.29. The van der Waals surface area contributed by atoms with Crippen LogP contribution in [0.1, 0.15) is 5.69 Å². The van der Waals surface area contributed by atoms with Crippen LogP contribution in [0.15, 0.2) is 23.9 Å². The number of pyridine rings is 1. The molecule has 1 rings (SSSR count). The maximum absolute atomic E-state index is 5.64. The van der Waals surface area contributed by atoms with Gasteiger partial charge < -0.3 is 14.8 Å². The number of halogens is 1. The first kappa shape index (κ1) is 12.8. The highest BCUT2D eigenvalue weighted by Crippen LogP contribution is 2.28. The summed E-state index contributed by atoms with van der Waals surface area (Å²) in [5.41, 5.74) is 0.778. The van der Waals surface area contributed by atoms with Crippen LogP contribution in [0.4, 0.5) is 0 Å². The molecule has 16 heavy (non-hydrogen) atoms. The van der Waals surface area contributed by atoms with Crippen LogP contribution < -0.4 is 14.8 Å². The Balaban J connectivity index is 2.74. The Bertz CT molecular complexity index is 369. The summed E-state index contributed by atoms with van der Waals surface area (Å²) in [6, 6.07) is 1.75. The van der Waals surface area contributed by atoms with E-state index in [0.29, 0.717) is 29.6 Å². The maximum atomic E-state index is 5.64. The molecule has 0 atom stereocenters. The fraction of sp³-hybridized carbons (Fsp3) is 0.364. The van der Waals surface area contributed by atoms with Crippen molar-refractivity contribution in [2.24, 2.45) is 0 Å². The van der Waals surface area contributed by atoms with Gasteiger partial charge in [0.15, 0.2) is 11.5 Å². The summed E-state index contributed by atoms with van der Waals surface area (Å²) in [5, 5.41) is 3.65. The van der Waals surface area contributed by atoms with Crippen LogP contribution in [0.25, 0.3) is 0 Å². The average molecular weight is 243 g/mol. The first-order chi connectivity index (χ1) is 7.69. The van der Waals surface area contributed by atoms with E-state index in [1.807, 2.05) is 0 Å². The van der Waals surface area contributed by atoms with Crippen LogP contribution in [0, 0.1) is 0 Å². The van der Waals surface area contributed by atoms with Crippen LogP contribution >= 0.6 is 11.6 Å². The van der Waals surface area contributed by atoms with Gasteiger partial charge in [-0.05, 0) is 0 Å². The fourth-order valence-corrected chi connectivity index (χ4v) is 1.39. The predicted octanol–water partition coefficient (Wildman–Crippen LogP) is 1.94. The van der Waals surface area contributed by atoms with E-state index in [0.717, 1.165) is 5.69 Å². The molecule has 1 aromatic rings. The first-order valence-electron chi connectivity index (χ1n) is 4.79. The molecule has 5 heteroatoms. The summed E-state index contributed by atoms with van der Waals surface area (Å²) < 4.78 is 10.4. The molecule has 0 amide bonds. The van der Waals surface area contributed by atoms with Crippen molar-refractivity contribution in [3.05, 3.63) is 29.6 Å². The average Bonchev–Trinajstić information content (AvgIpc) is 2.28. The minimum absolute atomic E-state index is 0.531. The highest BCUT2D eigenvalue weighted by Gasteiger charge is 2.10. The lowest BCUT2D eigenvalue weighted by molar-refractivity contribution is 0.348. The highest BCUT2D eigenvalue weighted by atomic mass is 35.5. The van der Waals surface area contributed by atoms with Gasteiger partial charge in [-0.3, -0.25) is 4.98 Å². The van der Waals surface area contributed by atoms with Gasteiger partial charge in [0.2, 0.25) is 0 Å². The van der Waals surface area contributed by atoms with Crippen LogP contribution in [0.3, 0.4) is 0 Å². The van der Waals surface area contributed by atoms with E-state index >= 15 is 0 Å². The second kappa shape index (κ2) is 6.35. The van der Waals surface area contributed by atoms with Gasteiger partial charge in [0.1, 0.15) is 0 Å². The summed E-state index contributed by atoms with van der Waals surface area (Å²) in [7, 11) is 3.18. The van der Waals surface area contributed by atoms with Gasteiger partial charge in [-0.1, -0.05) is 18.2 Å². The van der Waals surface area contributed by atoms with Crippen molar-refractivity contribution in [1.82, 2.24) is 10.3 Å². The summed E-state index contributed by atoms with van der Waals surface area (Å²) >= 11 is 5.64. The SMILES string of the molecule is C=C(Cl)CNCc1nccc(OC)c1OC. The van der Waals surface area contributed by atoms with Crippen LogP contribution in [-0.2, 0) is 6.54 Å². The molecule has 0 aliphatic heterocycles. The molecule has 0 unspecified atom stereocenters. The molecule has 0 aliphatic rings. The minimum atomic E-state index is 0.531. The lowest BCUT2D eigenvalue weighted by Gasteiger charge is -2.11. The van der Waals surface area contributed by atoms with Crippen molar-refractivity contribution in [1.29, 1.82) is 0 Å². The smallest absolute Gasteiger partial charge is 0.183 e. The summed E-state index contributed by atoms with van der Waals surface area (Å²) in [5.74, 6) is 1.30. The van der Waals surface area contributed by atoms with Gasteiger partial charge in [-0.25, -0.2) is 0 Å². The third-order valence-electron chi connectivity index (χ3n) is 1.98. The largest absolute Gasteiger partial charge is 0.493 e. The predicted molar refractivity (Wildman–Crippen MR) is 64.0 cm³/mol. The molecule has 0 saturated heterocycles. The van der Waals surface area contributed by atoms with E-state index in [1.54, 1.807) is 26.5 Å². The van der Waals surface area contributed by atoms with E-state index in [9.17, 15) is 0 Å². The topological polar surface area (TPSA) is 43.4 Å². The van der Waals surface area contributed by atoms with Crippen molar-refractivity contribution < 1.29 is 9.47 Å². The highest BCUT2D eigenvalue weighted by molar-refractivity contribution is 6.29. The van der Waals surface area contributed by atoms with Crippen molar-refractivity contribution in [3.8, 4) is 11.5 Å². The number of aromatic nitrogens is 1. The number of hydrogen-bond donors (Lipinski definition) is 1. The zero-order valence-corrected chi connectivity index (χ0v) is 10.2. The first-order valence-corrected chi connectivity index (χ1v) is 5.16. The zero-order chi connectivity index (χ0) is 12.0. The van der Waals surface area contributed by atoms with Gasteiger partial charge in [0.25, 0.3) is 0 Å². The molecule has 0 spiro atoms. The molecule has 0 aliphatic carbocycles. The lowest BCUT2D eigenvalue weighted by atomic mass is 10.3. The summed E-state index contributed by atoms with van der Waals surface area (Å²) in [6.07, 6.45) is 1.67. The van der Waals surface area contributed by atoms with Gasteiger partial charge in [0.05, 0.1) is 19.9 Å². The molecule has 0 bridgehead atoms. The third kappa shape index (κ3) is 3.40. The summed E-state index contributed by atoms with van der Waals surface area (Å²) in [6.45, 7) is 4.67. The molecule has 88 valence electrons. The van der Waals surface area contributed by atoms with E-state index in [1.165, 1.54) is 0 Å². The van der Waals surface area contributed by atoms with Crippen molar-refractivity contribution in [3.63, 3.8) is 0 Å². The van der Waals surface area contributed by atoms with Crippen molar-refractivity contribution in [2.75, 3.05) is 20.8 Å². The lowest BCUT2D eigenvalue weighted by Crippen LogP contribution is -2.16. The normalized spacial score (nSPS) is 9.94. The minimum Gasteiger partial charge on any atom is -0.493 e. The van der Waals surface area contributed by atoms with Gasteiger partial charge in [-0.15, -0.1) is 0 Å². The van der Waals surface area contributed by atoms with Gasteiger partial charge >= 0.3 is 0 Å². The number of ether oxygens (including phenoxy) is 2. The van der Waals surface area contributed by atoms with E-state index in [4.69, 9.17) is 21.1 Å². The van der Waals surface area contributed by atoms with Crippen molar-refractivity contribution >= 4 is 11.6 Å². The van der Waals surface area contributed by atoms with Gasteiger partial charge in [-0.2, -0.15) is 0 Å². The Kier molecular flexibility index (Phi) is 5.08. The quantitative estimate of drug-likeness (QED) is 0.828. The Labute approximate surface area is 100 Å². The Morgan fingerprint density at radius 3 is 2.81 bits per heavy atom. The molecule has 0 radical (unpaired) electrons. The molecule has 0 aromatic carbocycles. The number of hydrogen-bond acceptors (Lipinski definition) is 4. The van der Waals surface area contributed by atoms with E-state index < -0.39 is 0 Å². The van der Waals surface area contributed by atoms with Crippen LogP contribution in [0.2, 0.25) is 0 Å². The molecule has 1 aromatic heterocycles. The maximum Gasteiger partial charge on any atom is 0.183 e. The molecule has 1 heterocycles. The Hall–Kier alpha value is -1.26.